The molecule has 4 aromatic rings. The van der Waals surface area contributed by atoms with Crippen LogP contribution in [0.4, 0.5) is 8.78 Å². The van der Waals surface area contributed by atoms with Gasteiger partial charge in [0, 0.05) is 12.4 Å². The molecule has 0 saturated carbocycles. The molecular formula is C30H24F2N2O4Pt. The van der Waals surface area contributed by atoms with Gasteiger partial charge < -0.3 is 19.7 Å². The first kappa shape index (κ1) is 29.5. The number of methoxy groups -OCH3 is 2. The van der Waals surface area contributed by atoms with Crippen molar-refractivity contribution in [3.63, 3.8) is 0 Å². The molecule has 0 radical (unpaired) electrons. The molecule has 0 amide bonds. The topological polar surface area (TPSA) is 89.3 Å². The quantitative estimate of drug-likeness (QED) is 0.225. The Morgan fingerprint density at radius 1 is 0.615 bits per heavy atom. The fourth-order valence-corrected chi connectivity index (χ4v) is 3.84. The van der Waals surface area contributed by atoms with Gasteiger partial charge in [-0.15, -0.1) is 0 Å². The van der Waals surface area contributed by atoms with Crippen molar-refractivity contribution < 1.29 is 49.5 Å². The van der Waals surface area contributed by atoms with Gasteiger partial charge in [-0.05, 0) is 70.8 Å². The maximum Gasteiger partial charge on any atom is 2.00 e. The first-order valence-electron chi connectivity index (χ1n) is 11.7. The fourth-order valence-electron chi connectivity index (χ4n) is 3.84. The molecule has 0 N–H and O–H groups in total. The van der Waals surface area contributed by atoms with Gasteiger partial charge in [0.15, 0.2) is 0 Å². The van der Waals surface area contributed by atoms with Gasteiger partial charge in [0.1, 0.15) is 35.2 Å². The zero-order chi connectivity index (χ0) is 27.1. The molecule has 9 heteroatoms. The number of nitrogens with zero attached hydrogens (tertiary/aromatic N) is 2. The van der Waals surface area contributed by atoms with Gasteiger partial charge in [-0.1, -0.05) is 47.9 Å². The van der Waals surface area contributed by atoms with E-state index < -0.39 is 23.7 Å². The summed E-state index contributed by atoms with van der Waals surface area (Å²) in [6.45, 7) is 0. The standard InChI is InChI=1S/C30H26F2N2O4.Pt/c1-37-25-13-7-21(27(35)15-25)17-33-29(19-3-9-23(31)10-4-19)30(20-5-11-24(32)12-6-20)34-18-22-8-14-26(38-2)16-28(22)36;/h3-18,29-30,35-36H,1-2H3;/q;+2/p-2. The molecule has 4 rings (SSSR count). The second-order valence-electron chi connectivity index (χ2n) is 8.36. The van der Waals surface area contributed by atoms with Crippen LogP contribution in [0, 0.1) is 11.6 Å². The van der Waals surface area contributed by atoms with Gasteiger partial charge in [-0.3, -0.25) is 9.98 Å². The Morgan fingerprint density at radius 3 is 1.28 bits per heavy atom. The van der Waals surface area contributed by atoms with E-state index in [1.807, 2.05) is 0 Å². The van der Waals surface area contributed by atoms with Gasteiger partial charge in [0.05, 0.1) is 14.2 Å². The van der Waals surface area contributed by atoms with Crippen LogP contribution in [-0.4, -0.2) is 26.6 Å². The van der Waals surface area contributed by atoms with E-state index in [4.69, 9.17) is 9.47 Å². The number of aliphatic imine (C=N–C) groups is 2. The monoisotopic (exact) mass is 709 g/mol. The number of ether oxygens (including phenoxy) is 2. The minimum atomic E-state index is -0.743. The van der Waals surface area contributed by atoms with E-state index >= 15 is 0 Å². The van der Waals surface area contributed by atoms with E-state index in [1.54, 1.807) is 48.5 Å². The largest absolute Gasteiger partial charge is 2.00 e. The molecule has 0 aromatic heterocycles. The molecule has 2 atom stereocenters. The second kappa shape index (κ2) is 13.7. The van der Waals surface area contributed by atoms with Gasteiger partial charge in [0.25, 0.3) is 0 Å². The van der Waals surface area contributed by atoms with Gasteiger partial charge >= 0.3 is 21.1 Å². The molecule has 0 spiro atoms. The molecule has 0 aliphatic carbocycles. The number of hydrogen-bond acceptors (Lipinski definition) is 6. The number of hydrogen-bond donors (Lipinski definition) is 0. The Balaban J connectivity index is 0.00000420. The molecule has 0 bridgehead atoms. The van der Waals surface area contributed by atoms with Crippen molar-refractivity contribution in [3.8, 4) is 23.0 Å². The molecule has 0 heterocycles. The summed E-state index contributed by atoms with van der Waals surface area (Å²) in [7, 11) is 2.93. The smallest absolute Gasteiger partial charge is 0.872 e. The van der Waals surface area contributed by atoms with Crippen LogP contribution in [0.25, 0.3) is 0 Å². The second-order valence-corrected chi connectivity index (χ2v) is 8.36. The number of rotatable bonds is 9. The van der Waals surface area contributed by atoms with Gasteiger partial charge in [0.2, 0.25) is 0 Å². The Bertz CT molecular complexity index is 1330. The third kappa shape index (κ3) is 7.51. The third-order valence-corrected chi connectivity index (χ3v) is 5.91. The summed E-state index contributed by atoms with van der Waals surface area (Å²) in [4.78, 5) is 9.36. The summed E-state index contributed by atoms with van der Waals surface area (Å²) in [5, 5.41) is 25.1. The number of halogens is 2. The third-order valence-electron chi connectivity index (χ3n) is 5.91. The van der Waals surface area contributed by atoms with E-state index in [-0.39, 0.29) is 32.6 Å². The first-order chi connectivity index (χ1) is 18.4. The van der Waals surface area contributed by atoms with E-state index in [0.717, 1.165) is 0 Å². The van der Waals surface area contributed by atoms with Crippen LogP contribution in [0.3, 0.4) is 0 Å². The average Bonchev–Trinajstić information content (AvgIpc) is 2.93. The molecule has 202 valence electrons. The predicted molar refractivity (Wildman–Crippen MR) is 138 cm³/mol. The van der Waals surface area contributed by atoms with E-state index in [2.05, 4.69) is 9.98 Å². The number of benzene rings is 4. The molecule has 6 nitrogen and oxygen atoms in total. The van der Waals surface area contributed by atoms with Crippen LogP contribution in [0.1, 0.15) is 34.3 Å². The zero-order valence-electron chi connectivity index (χ0n) is 21.0. The first-order valence-corrected chi connectivity index (χ1v) is 11.7. The summed E-state index contributed by atoms with van der Waals surface area (Å²) >= 11 is 0. The van der Waals surface area contributed by atoms with Crippen molar-refractivity contribution in [2.24, 2.45) is 9.98 Å². The normalized spacial score (nSPS) is 12.7. The Labute approximate surface area is 239 Å². The van der Waals surface area contributed by atoms with Crippen LogP contribution >= 0.6 is 0 Å². The molecule has 0 fully saturated rings. The maximum atomic E-state index is 13.8. The SMILES string of the molecule is COc1ccc(C=NC(c2ccc(F)cc2)C(N=Cc2ccc(OC)cc2[O-])c2ccc(F)cc2)c([O-])c1.[Pt+2]. The van der Waals surface area contributed by atoms with Crippen LogP contribution < -0.4 is 19.7 Å². The Hall–Kier alpha value is -4.03. The average molecular weight is 710 g/mol. The van der Waals surface area contributed by atoms with Gasteiger partial charge in [-0.2, -0.15) is 0 Å². The van der Waals surface area contributed by atoms with Crippen molar-refractivity contribution in [1.29, 1.82) is 0 Å². The summed E-state index contributed by atoms with van der Waals surface area (Å²) < 4.78 is 37.7. The van der Waals surface area contributed by atoms with Crippen molar-refractivity contribution in [1.82, 2.24) is 0 Å². The maximum absolute atomic E-state index is 13.8. The molecule has 2 unspecified atom stereocenters. The van der Waals surface area contributed by atoms with Crippen LogP contribution in [0.15, 0.2) is 94.9 Å². The van der Waals surface area contributed by atoms with Crippen molar-refractivity contribution in [2.45, 2.75) is 12.1 Å². The van der Waals surface area contributed by atoms with E-state index in [0.29, 0.717) is 33.8 Å². The van der Waals surface area contributed by atoms with Crippen molar-refractivity contribution in [2.75, 3.05) is 14.2 Å². The molecule has 0 aliphatic rings. The van der Waals surface area contributed by atoms with E-state index in [1.165, 1.54) is 63.0 Å². The summed E-state index contributed by atoms with van der Waals surface area (Å²) in [5.41, 5.74) is 1.84. The van der Waals surface area contributed by atoms with Gasteiger partial charge in [-0.25, -0.2) is 8.78 Å². The molecular weight excluding hydrogens is 685 g/mol. The Morgan fingerprint density at radius 2 is 0.974 bits per heavy atom. The zero-order valence-corrected chi connectivity index (χ0v) is 23.3. The van der Waals surface area contributed by atoms with Crippen LogP contribution in [0.5, 0.6) is 23.0 Å². The minimum Gasteiger partial charge on any atom is -0.872 e. The molecule has 4 aromatic carbocycles. The fraction of sp³-hybridized carbons (Fsp3) is 0.133. The minimum absolute atomic E-state index is 0. The predicted octanol–water partition coefficient (Wildman–Crippen LogP) is 5.15. The van der Waals surface area contributed by atoms with Crippen LogP contribution in [0.2, 0.25) is 0 Å². The van der Waals surface area contributed by atoms with Crippen molar-refractivity contribution >= 4 is 12.4 Å². The summed E-state index contributed by atoms with van der Waals surface area (Å²) in [6.07, 6.45) is 2.85. The van der Waals surface area contributed by atoms with E-state index in [9.17, 15) is 19.0 Å². The van der Waals surface area contributed by atoms with Crippen molar-refractivity contribution in [3.05, 3.63) is 119 Å². The summed E-state index contributed by atoms with van der Waals surface area (Å²) in [6, 6.07) is 19.2. The van der Waals surface area contributed by atoms with Crippen LogP contribution in [-0.2, 0) is 21.1 Å². The molecule has 0 saturated heterocycles. The molecule has 0 aliphatic heterocycles. The Kier molecular flexibility index (Phi) is 10.3. The molecule has 39 heavy (non-hydrogen) atoms. The summed E-state index contributed by atoms with van der Waals surface area (Å²) in [5.74, 6) is -0.592.